The molecule has 18 heavy (non-hydrogen) atoms. The van der Waals surface area contributed by atoms with Crippen molar-refractivity contribution in [3.63, 3.8) is 0 Å². The second-order valence-electron chi connectivity index (χ2n) is 5.08. The molecule has 0 saturated heterocycles. The smallest absolute Gasteiger partial charge is 0.319 e. The zero-order chi connectivity index (χ0) is 13.3. The van der Waals surface area contributed by atoms with Crippen molar-refractivity contribution in [3.8, 4) is 0 Å². The molecular formula is C13H18IN3O. The van der Waals surface area contributed by atoms with Crippen molar-refractivity contribution in [2.75, 3.05) is 11.1 Å². The maximum Gasteiger partial charge on any atom is 0.319 e. The summed E-state index contributed by atoms with van der Waals surface area (Å²) < 4.78 is 0.987. The number of rotatable bonds is 3. The van der Waals surface area contributed by atoms with Crippen LogP contribution in [0.3, 0.4) is 0 Å². The van der Waals surface area contributed by atoms with Gasteiger partial charge in [0.05, 0.1) is 0 Å². The molecule has 0 radical (unpaired) electrons. The summed E-state index contributed by atoms with van der Waals surface area (Å²) >= 11 is 2.16. The fourth-order valence-corrected chi connectivity index (χ4v) is 2.41. The molecule has 1 saturated carbocycles. The van der Waals surface area contributed by atoms with E-state index in [-0.39, 0.29) is 6.03 Å². The van der Waals surface area contributed by atoms with Gasteiger partial charge in [-0.3, -0.25) is 0 Å². The Kier molecular flexibility index (Phi) is 3.99. The fourth-order valence-electron chi connectivity index (χ4n) is 2.07. The monoisotopic (exact) mass is 359 g/mol. The van der Waals surface area contributed by atoms with Gasteiger partial charge < -0.3 is 16.4 Å². The first-order valence-corrected chi connectivity index (χ1v) is 7.18. The van der Waals surface area contributed by atoms with E-state index >= 15 is 0 Å². The number of carbonyl (C=O) groups is 1. The average Bonchev–Trinajstić information content (AvgIpc) is 3.03. The highest BCUT2D eigenvalue weighted by molar-refractivity contribution is 14.1. The van der Waals surface area contributed by atoms with E-state index in [4.69, 9.17) is 5.73 Å². The quantitative estimate of drug-likeness (QED) is 0.574. The molecule has 0 aromatic heterocycles. The van der Waals surface area contributed by atoms with Crippen LogP contribution in [-0.2, 0) is 0 Å². The van der Waals surface area contributed by atoms with Crippen LogP contribution in [0.4, 0.5) is 16.2 Å². The first kappa shape index (κ1) is 13.5. The summed E-state index contributed by atoms with van der Waals surface area (Å²) in [6, 6.07) is 5.69. The number of urea groups is 1. The minimum atomic E-state index is -0.149. The topological polar surface area (TPSA) is 67.2 Å². The lowest BCUT2D eigenvalue weighted by Crippen LogP contribution is -2.32. The Morgan fingerprint density at radius 3 is 2.78 bits per heavy atom. The minimum Gasteiger partial charge on any atom is -0.398 e. The van der Waals surface area contributed by atoms with Crippen LogP contribution in [-0.4, -0.2) is 12.1 Å². The molecule has 2 amide bonds. The number of nitrogens with two attached hydrogens (primary N) is 1. The van der Waals surface area contributed by atoms with Gasteiger partial charge in [0, 0.05) is 21.0 Å². The molecular weight excluding hydrogens is 341 g/mol. The van der Waals surface area contributed by atoms with Gasteiger partial charge in [0.15, 0.2) is 0 Å². The van der Waals surface area contributed by atoms with Crippen LogP contribution in [0, 0.1) is 15.4 Å². The van der Waals surface area contributed by atoms with Gasteiger partial charge in [-0.15, -0.1) is 0 Å². The summed E-state index contributed by atoms with van der Waals surface area (Å²) in [6.07, 6.45) is 1.08. The summed E-state index contributed by atoms with van der Waals surface area (Å²) in [6.45, 7) is 4.37. The highest BCUT2D eigenvalue weighted by atomic mass is 127. The maximum atomic E-state index is 11.8. The van der Waals surface area contributed by atoms with Crippen LogP contribution in [0.5, 0.6) is 0 Å². The maximum absolute atomic E-state index is 11.8. The molecule has 2 unspecified atom stereocenters. The number of hydrogen-bond donors (Lipinski definition) is 3. The predicted molar refractivity (Wildman–Crippen MR) is 82.5 cm³/mol. The van der Waals surface area contributed by atoms with Crippen molar-refractivity contribution < 1.29 is 4.79 Å². The molecule has 1 aliphatic carbocycles. The molecule has 2 rings (SSSR count). The molecule has 4 N–H and O–H groups in total. The zero-order valence-electron chi connectivity index (χ0n) is 10.5. The lowest BCUT2D eigenvalue weighted by atomic mass is 10.1. The number of anilines is 2. The third-order valence-corrected chi connectivity index (χ3v) is 4.25. The summed E-state index contributed by atoms with van der Waals surface area (Å²) in [5, 5.41) is 5.78. The van der Waals surface area contributed by atoms with Gasteiger partial charge >= 0.3 is 6.03 Å². The van der Waals surface area contributed by atoms with Gasteiger partial charge in [-0.2, -0.15) is 0 Å². The van der Waals surface area contributed by atoms with Crippen molar-refractivity contribution in [1.29, 1.82) is 0 Å². The number of halogens is 1. The SMILES string of the molecule is CC(C)C1CC1NC(=O)Nc1ccc(I)c(N)c1. The van der Waals surface area contributed by atoms with Crippen LogP contribution < -0.4 is 16.4 Å². The molecule has 0 bridgehead atoms. The average molecular weight is 359 g/mol. The first-order valence-electron chi connectivity index (χ1n) is 6.10. The molecule has 0 heterocycles. The van der Waals surface area contributed by atoms with Crippen molar-refractivity contribution in [2.45, 2.75) is 26.3 Å². The number of benzene rings is 1. The summed E-state index contributed by atoms with van der Waals surface area (Å²) in [5.74, 6) is 1.25. The van der Waals surface area contributed by atoms with Crippen molar-refractivity contribution >= 4 is 40.0 Å². The van der Waals surface area contributed by atoms with E-state index in [1.807, 2.05) is 12.1 Å². The fraction of sp³-hybridized carbons (Fsp3) is 0.462. The molecule has 1 aromatic rings. The van der Waals surface area contributed by atoms with E-state index in [1.54, 1.807) is 6.07 Å². The normalized spacial score (nSPS) is 21.8. The van der Waals surface area contributed by atoms with Gasteiger partial charge in [0.2, 0.25) is 0 Å². The van der Waals surface area contributed by atoms with Crippen molar-refractivity contribution in [2.24, 2.45) is 11.8 Å². The van der Waals surface area contributed by atoms with Gasteiger partial charge in [-0.05, 0) is 59.0 Å². The second-order valence-corrected chi connectivity index (χ2v) is 6.25. The zero-order valence-corrected chi connectivity index (χ0v) is 12.7. The van der Waals surface area contributed by atoms with Gasteiger partial charge in [0.25, 0.3) is 0 Å². The summed E-state index contributed by atoms with van der Waals surface area (Å²) in [4.78, 5) is 11.8. The largest absolute Gasteiger partial charge is 0.398 e. The van der Waals surface area contributed by atoms with Crippen molar-refractivity contribution in [3.05, 3.63) is 21.8 Å². The Morgan fingerprint density at radius 2 is 2.22 bits per heavy atom. The summed E-state index contributed by atoms with van der Waals surface area (Å²) in [5.41, 5.74) is 7.20. The molecule has 1 aromatic carbocycles. The Labute approximate surface area is 121 Å². The number of nitrogens with one attached hydrogen (secondary N) is 2. The second kappa shape index (κ2) is 5.34. The molecule has 5 heteroatoms. The molecule has 1 aliphatic rings. The summed E-state index contributed by atoms with van der Waals surface area (Å²) in [7, 11) is 0. The first-order chi connectivity index (χ1) is 8.47. The van der Waals surface area contributed by atoms with Crippen LogP contribution in [0.25, 0.3) is 0 Å². The predicted octanol–water partition coefficient (Wildman–Crippen LogP) is 3.04. The number of carbonyl (C=O) groups excluding carboxylic acids is 1. The molecule has 2 atom stereocenters. The van der Waals surface area contributed by atoms with E-state index in [1.165, 1.54) is 0 Å². The van der Waals surface area contributed by atoms with Crippen LogP contribution in [0.2, 0.25) is 0 Å². The third kappa shape index (κ3) is 3.28. The highest BCUT2D eigenvalue weighted by Crippen LogP contribution is 2.37. The Balaban J connectivity index is 1.86. The van der Waals surface area contributed by atoms with E-state index < -0.39 is 0 Å². The highest BCUT2D eigenvalue weighted by Gasteiger charge is 2.40. The van der Waals surface area contributed by atoms with Crippen LogP contribution >= 0.6 is 22.6 Å². The number of nitrogen functional groups attached to an aromatic ring is 1. The minimum absolute atomic E-state index is 0.149. The van der Waals surface area contributed by atoms with E-state index in [0.717, 1.165) is 15.7 Å². The Morgan fingerprint density at radius 1 is 1.50 bits per heavy atom. The van der Waals surface area contributed by atoms with E-state index in [9.17, 15) is 4.79 Å². The lowest BCUT2D eigenvalue weighted by molar-refractivity contribution is 0.251. The lowest BCUT2D eigenvalue weighted by Gasteiger charge is -2.09. The van der Waals surface area contributed by atoms with Gasteiger partial charge in [-0.25, -0.2) is 4.79 Å². The standard InChI is InChI=1S/C13H18IN3O/c1-7(2)9-6-12(9)17-13(18)16-8-3-4-10(14)11(15)5-8/h3-5,7,9,12H,6,15H2,1-2H3,(H2,16,17,18). The van der Waals surface area contributed by atoms with Crippen LogP contribution in [0.15, 0.2) is 18.2 Å². The molecule has 98 valence electrons. The Hall–Kier alpha value is -0.980. The van der Waals surface area contributed by atoms with Gasteiger partial charge in [0.1, 0.15) is 0 Å². The van der Waals surface area contributed by atoms with E-state index in [2.05, 4.69) is 47.1 Å². The molecule has 1 fully saturated rings. The van der Waals surface area contributed by atoms with Crippen molar-refractivity contribution in [1.82, 2.24) is 5.32 Å². The number of amides is 2. The van der Waals surface area contributed by atoms with E-state index in [0.29, 0.717) is 23.6 Å². The molecule has 0 aliphatic heterocycles. The van der Waals surface area contributed by atoms with Gasteiger partial charge in [-0.1, -0.05) is 13.8 Å². The molecule has 0 spiro atoms. The number of hydrogen-bond acceptors (Lipinski definition) is 2. The molecule has 4 nitrogen and oxygen atoms in total. The third-order valence-electron chi connectivity index (χ3n) is 3.27. The van der Waals surface area contributed by atoms with Crippen LogP contribution in [0.1, 0.15) is 20.3 Å². The Bertz CT molecular complexity index is 462.